The van der Waals surface area contributed by atoms with Crippen LogP contribution >= 0.6 is 11.8 Å². The fraction of sp³-hybridized carbons (Fsp3) is 0.652. The van der Waals surface area contributed by atoms with E-state index < -0.39 is 10.0 Å². The minimum atomic E-state index is -3.69. The summed E-state index contributed by atoms with van der Waals surface area (Å²) in [5, 5.41) is 0. The second-order valence-electron chi connectivity index (χ2n) is 9.26. The number of rotatable bonds is 4. The van der Waals surface area contributed by atoms with Crippen molar-refractivity contribution in [3.05, 3.63) is 18.2 Å². The number of thioether (sulfide) groups is 1. The van der Waals surface area contributed by atoms with Crippen molar-refractivity contribution in [3.8, 4) is 0 Å². The molecule has 33 heavy (non-hydrogen) atoms. The summed E-state index contributed by atoms with van der Waals surface area (Å²) in [4.78, 5) is 30.7. The predicted octanol–water partition coefficient (Wildman–Crippen LogP) is 2.33. The summed E-state index contributed by atoms with van der Waals surface area (Å²) in [7, 11) is -3.69. The van der Waals surface area contributed by atoms with E-state index in [1.54, 1.807) is 18.2 Å². The number of sulfonamides is 1. The van der Waals surface area contributed by atoms with Gasteiger partial charge in [-0.25, -0.2) is 8.42 Å². The van der Waals surface area contributed by atoms with Gasteiger partial charge in [-0.05, 0) is 49.8 Å². The molecule has 1 aliphatic carbocycles. The quantitative estimate of drug-likeness (QED) is 0.640. The van der Waals surface area contributed by atoms with Crippen LogP contribution in [0.5, 0.6) is 0 Å². The lowest BCUT2D eigenvalue weighted by molar-refractivity contribution is -0.137. The lowest BCUT2D eigenvalue weighted by Gasteiger charge is -2.44. The Balaban J connectivity index is 1.40. The number of carbonyl (C=O) groups is 2. The molecule has 1 aromatic rings. The molecule has 1 aromatic carbocycles. The Kier molecular flexibility index (Phi) is 6.70. The molecule has 0 N–H and O–H groups in total. The highest BCUT2D eigenvalue weighted by atomic mass is 32.2. The Bertz CT molecular complexity index is 1020. The molecule has 180 valence electrons. The normalized spacial score (nSPS) is 26.6. The van der Waals surface area contributed by atoms with Crippen LogP contribution in [0.15, 0.2) is 28.0 Å². The van der Waals surface area contributed by atoms with E-state index in [-0.39, 0.29) is 35.0 Å². The molecular weight excluding hydrogens is 462 g/mol. The monoisotopic (exact) mass is 493 g/mol. The molecule has 0 bridgehead atoms. The summed E-state index contributed by atoms with van der Waals surface area (Å²) in [5.74, 6) is 0.641. The van der Waals surface area contributed by atoms with E-state index in [0.29, 0.717) is 37.9 Å². The van der Waals surface area contributed by atoms with E-state index in [4.69, 9.17) is 4.74 Å². The number of anilines is 1. The van der Waals surface area contributed by atoms with Crippen molar-refractivity contribution in [2.24, 2.45) is 5.92 Å². The molecule has 2 amide bonds. The number of fused-ring (bicyclic) bond motifs is 2. The van der Waals surface area contributed by atoms with Gasteiger partial charge in [-0.1, -0.05) is 12.8 Å². The first-order chi connectivity index (χ1) is 15.9. The topological polar surface area (TPSA) is 87.2 Å². The SMILES string of the molecule is O=C1CSc2ccc(S(=O)(=O)N3CCOCC3)cc2N1CC(=O)N1CCC[C@@H]2CCCC[C@H]21. The number of hydrogen-bond donors (Lipinski definition) is 0. The van der Waals surface area contributed by atoms with Gasteiger partial charge in [-0.15, -0.1) is 11.8 Å². The predicted molar refractivity (Wildman–Crippen MR) is 126 cm³/mol. The maximum Gasteiger partial charge on any atom is 0.243 e. The molecule has 0 spiro atoms. The van der Waals surface area contributed by atoms with Crippen LogP contribution in [0.1, 0.15) is 38.5 Å². The number of ether oxygens (including phenoxy) is 1. The summed E-state index contributed by atoms with van der Waals surface area (Å²) in [6, 6.07) is 5.21. The Labute approximate surface area is 199 Å². The van der Waals surface area contributed by atoms with Crippen LogP contribution in [-0.2, 0) is 24.3 Å². The fourth-order valence-corrected chi connectivity index (χ4v) is 7.96. The molecule has 3 aliphatic heterocycles. The molecule has 8 nitrogen and oxygen atoms in total. The summed E-state index contributed by atoms with van der Waals surface area (Å²) < 4.78 is 33.1. The third-order valence-electron chi connectivity index (χ3n) is 7.34. The average Bonchev–Trinajstić information content (AvgIpc) is 2.85. The number of amides is 2. The minimum Gasteiger partial charge on any atom is -0.379 e. The van der Waals surface area contributed by atoms with E-state index in [0.717, 1.165) is 30.7 Å². The van der Waals surface area contributed by atoms with E-state index in [1.165, 1.54) is 40.2 Å². The molecule has 1 saturated carbocycles. The summed E-state index contributed by atoms with van der Waals surface area (Å²) in [6.07, 6.45) is 6.79. The molecule has 2 atom stereocenters. The molecule has 5 rings (SSSR count). The Morgan fingerprint density at radius 1 is 1.06 bits per heavy atom. The van der Waals surface area contributed by atoms with Gasteiger partial charge >= 0.3 is 0 Å². The van der Waals surface area contributed by atoms with E-state index >= 15 is 0 Å². The zero-order valence-electron chi connectivity index (χ0n) is 18.8. The minimum absolute atomic E-state index is 0.0285. The third-order valence-corrected chi connectivity index (χ3v) is 10.3. The zero-order chi connectivity index (χ0) is 23.0. The highest BCUT2D eigenvalue weighted by Crippen LogP contribution is 2.39. The lowest BCUT2D eigenvalue weighted by Crippen LogP contribution is -2.53. The van der Waals surface area contributed by atoms with Crippen molar-refractivity contribution in [2.45, 2.75) is 54.4 Å². The van der Waals surface area contributed by atoms with Crippen LogP contribution < -0.4 is 4.90 Å². The average molecular weight is 494 g/mol. The van der Waals surface area contributed by atoms with Crippen molar-refractivity contribution in [2.75, 3.05) is 50.0 Å². The molecule has 2 saturated heterocycles. The van der Waals surface area contributed by atoms with Crippen molar-refractivity contribution >= 4 is 39.3 Å². The largest absolute Gasteiger partial charge is 0.379 e. The number of hydrogen-bond acceptors (Lipinski definition) is 6. The lowest BCUT2D eigenvalue weighted by atomic mass is 9.78. The summed E-state index contributed by atoms with van der Waals surface area (Å²) in [6.45, 7) is 2.08. The van der Waals surface area contributed by atoms with Crippen LogP contribution in [0.4, 0.5) is 5.69 Å². The zero-order valence-corrected chi connectivity index (χ0v) is 20.4. The van der Waals surface area contributed by atoms with Crippen molar-refractivity contribution in [1.82, 2.24) is 9.21 Å². The highest BCUT2D eigenvalue weighted by molar-refractivity contribution is 8.00. The molecule has 0 unspecified atom stereocenters. The van der Waals surface area contributed by atoms with Crippen LogP contribution in [0, 0.1) is 5.92 Å². The van der Waals surface area contributed by atoms with E-state index in [2.05, 4.69) is 0 Å². The first-order valence-corrected chi connectivity index (χ1v) is 14.3. The highest BCUT2D eigenvalue weighted by Gasteiger charge is 2.38. The van der Waals surface area contributed by atoms with Crippen LogP contribution in [0.25, 0.3) is 0 Å². The van der Waals surface area contributed by atoms with Gasteiger partial charge in [0.1, 0.15) is 6.54 Å². The first-order valence-electron chi connectivity index (χ1n) is 11.9. The van der Waals surface area contributed by atoms with Gasteiger partial charge in [0.25, 0.3) is 0 Å². The van der Waals surface area contributed by atoms with Crippen LogP contribution in [0.3, 0.4) is 0 Å². The van der Waals surface area contributed by atoms with Gasteiger partial charge < -0.3 is 14.5 Å². The van der Waals surface area contributed by atoms with Gasteiger partial charge in [0.05, 0.1) is 29.5 Å². The van der Waals surface area contributed by atoms with E-state index in [9.17, 15) is 18.0 Å². The standard InChI is InChI=1S/C23H31N3O5S2/c27-22(25-9-3-5-17-4-1-2-6-19(17)25)15-26-20-14-18(7-8-21(20)32-16-23(26)28)33(29,30)24-10-12-31-13-11-24/h7-8,14,17,19H,1-6,9-13,15-16H2/t17-,19+/m0/s1. The summed E-state index contributed by atoms with van der Waals surface area (Å²) >= 11 is 1.39. The maximum atomic E-state index is 13.4. The number of morpholine rings is 1. The van der Waals surface area contributed by atoms with Crippen molar-refractivity contribution < 1.29 is 22.7 Å². The molecule has 0 aromatic heterocycles. The molecule has 4 aliphatic rings. The first kappa shape index (κ1) is 23.1. The Morgan fingerprint density at radius 3 is 2.64 bits per heavy atom. The summed E-state index contributed by atoms with van der Waals surface area (Å²) in [5.41, 5.74) is 0.524. The number of benzene rings is 1. The molecule has 3 heterocycles. The molecule has 10 heteroatoms. The van der Waals surface area contributed by atoms with E-state index in [1.807, 2.05) is 4.90 Å². The van der Waals surface area contributed by atoms with Crippen molar-refractivity contribution in [1.29, 1.82) is 0 Å². The molecular formula is C23H31N3O5S2. The number of carbonyl (C=O) groups excluding carboxylic acids is 2. The maximum absolute atomic E-state index is 13.4. The van der Waals surface area contributed by atoms with Gasteiger partial charge in [-0.2, -0.15) is 4.31 Å². The number of likely N-dealkylation sites (tertiary alicyclic amines) is 1. The molecule has 0 radical (unpaired) electrons. The van der Waals surface area contributed by atoms with Gasteiger partial charge in [0.15, 0.2) is 0 Å². The van der Waals surface area contributed by atoms with Gasteiger partial charge in [0, 0.05) is 30.6 Å². The second kappa shape index (κ2) is 9.56. The third kappa shape index (κ3) is 4.54. The fourth-order valence-electron chi connectivity index (χ4n) is 5.61. The van der Waals surface area contributed by atoms with Crippen LogP contribution in [-0.4, -0.2) is 80.6 Å². The smallest absolute Gasteiger partial charge is 0.243 e. The second-order valence-corrected chi connectivity index (χ2v) is 12.2. The Hall–Kier alpha value is -1.62. The van der Waals surface area contributed by atoms with Gasteiger partial charge in [0.2, 0.25) is 21.8 Å². The number of nitrogens with zero attached hydrogens (tertiary/aromatic N) is 3. The Morgan fingerprint density at radius 2 is 1.82 bits per heavy atom. The van der Waals surface area contributed by atoms with Crippen molar-refractivity contribution in [3.63, 3.8) is 0 Å². The van der Waals surface area contributed by atoms with Crippen LogP contribution in [0.2, 0.25) is 0 Å². The molecule has 3 fully saturated rings. The van der Waals surface area contributed by atoms with Gasteiger partial charge in [-0.3, -0.25) is 9.59 Å². The number of piperidine rings is 1.